The Kier molecular flexibility index (Phi) is 9.94. The highest BCUT2D eigenvalue weighted by Crippen LogP contribution is 2.28. The number of aryl methyl sites for hydroxylation is 1. The Hall–Kier alpha value is -2.85. The number of methoxy groups -OCH3 is 1. The fourth-order valence-corrected chi connectivity index (χ4v) is 6.78. The molecule has 3 aromatic rings. The van der Waals surface area contributed by atoms with Gasteiger partial charge < -0.3 is 4.74 Å². The molecule has 3 aromatic carbocycles. The van der Waals surface area contributed by atoms with Gasteiger partial charge in [0.25, 0.3) is 0 Å². The van der Waals surface area contributed by atoms with Gasteiger partial charge in [0.05, 0.1) is 18.4 Å². The molecule has 0 unspecified atom stereocenters. The minimum atomic E-state index is -3.84. The number of hydrogen-bond acceptors (Lipinski definition) is 6. The maximum Gasteiger partial charge on any atom is 0.340 e. The van der Waals surface area contributed by atoms with Gasteiger partial charge in [-0.3, -0.25) is 9.62 Å². The van der Waals surface area contributed by atoms with Crippen LogP contribution in [0.5, 0.6) is 0 Å². The molecule has 1 heterocycles. The summed E-state index contributed by atoms with van der Waals surface area (Å²) in [5.41, 5.74) is 4.29. The maximum atomic E-state index is 13.3. The average molecular weight is 582 g/mol. The molecule has 0 aromatic heterocycles. The number of carbonyl (C=O) groups excluding carboxylic acids is 1. The first kappa shape index (κ1) is 30.1. The fraction of sp³-hybridized carbons (Fsp3) is 0.387. The SMILES string of the molecule is COC(=O)c1cc(SCCc2ccccc2)ccc1NS(=O)(=O)N1CCN(Cc2ccc(C(C)(C)C)cc2)CC1. The third-order valence-corrected chi connectivity index (χ3v) is 9.55. The highest BCUT2D eigenvalue weighted by atomic mass is 32.2. The Balaban J connectivity index is 1.35. The van der Waals surface area contributed by atoms with Gasteiger partial charge in [-0.15, -0.1) is 11.8 Å². The van der Waals surface area contributed by atoms with Gasteiger partial charge in [0.1, 0.15) is 0 Å². The molecule has 4 rings (SSSR count). The van der Waals surface area contributed by atoms with E-state index in [1.807, 2.05) is 24.3 Å². The highest BCUT2D eigenvalue weighted by Gasteiger charge is 2.28. The topological polar surface area (TPSA) is 78.9 Å². The summed E-state index contributed by atoms with van der Waals surface area (Å²) in [5, 5.41) is 0. The van der Waals surface area contributed by atoms with E-state index < -0.39 is 16.2 Å². The van der Waals surface area contributed by atoms with Crippen molar-refractivity contribution in [1.82, 2.24) is 9.21 Å². The molecule has 9 heteroatoms. The van der Waals surface area contributed by atoms with Crippen LogP contribution in [0.2, 0.25) is 0 Å². The normalized spacial score (nSPS) is 15.1. The zero-order valence-corrected chi connectivity index (χ0v) is 25.4. The second-order valence-electron chi connectivity index (χ2n) is 11.0. The predicted octanol–water partition coefficient (Wildman–Crippen LogP) is 5.58. The summed E-state index contributed by atoms with van der Waals surface area (Å²) < 4.78 is 35.6. The number of benzene rings is 3. The predicted molar refractivity (Wildman–Crippen MR) is 163 cm³/mol. The number of hydrogen-bond donors (Lipinski definition) is 1. The van der Waals surface area contributed by atoms with Gasteiger partial charge in [0.15, 0.2) is 0 Å². The van der Waals surface area contributed by atoms with Crippen molar-refractivity contribution in [2.75, 3.05) is 43.8 Å². The van der Waals surface area contributed by atoms with E-state index in [1.165, 1.54) is 28.1 Å². The number of carbonyl (C=O) groups is 1. The van der Waals surface area contributed by atoms with E-state index in [-0.39, 0.29) is 16.7 Å². The molecule has 1 aliphatic heterocycles. The first-order valence-electron chi connectivity index (χ1n) is 13.5. The van der Waals surface area contributed by atoms with E-state index in [0.29, 0.717) is 26.2 Å². The summed E-state index contributed by atoms with van der Waals surface area (Å²) in [6.07, 6.45) is 0.891. The van der Waals surface area contributed by atoms with E-state index in [1.54, 1.807) is 23.9 Å². The molecule has 1 fully saturated rings. The standard InChI is InChI=1S/C31H39N3O4S2/c1-31(2,3)26-12-10-25(11-13-26)23-33-17-19-34(20-18-33)40(36,37)32-29-15-14-27(22-28(29)30(35)38-4)39-21-16-24-8-6-5-7-9-24/h5-15,22,32H,16-21,23H2,1-4H3. The smallest absolute Gasteiger partial charge is 0.340 e. The minimum absolute atomic E-state index is 0.112. The zero-order chi connectivity index (χ0) is 28.8. The van der Waals surface area contributed by atoms with Crippen LogP contribution >= 0.6 is 11.8 Å². The van der Waals surface area contributed by atoms with Crippen LogP contribution in [0.4, 0.5) is 5.69 Å². The Labute approximate surface area is 243 Å². The zero-order valence-electron chi connectivity index (χ0n) is 23.7. The lowest BCUT2D eigenvalue weighted by Crippen LogP contribution is -2.49. The van der Waals surface area contributed by atoms with Crippen molar-refractivity contribution in [3.05, 3.63) is 95.1 Å². The Morgan fingerprint density at radius 2 is 1.60 bits per heavy atom. The van der Waals surface area contributed by atoms with Crippen LogP contribution in [0.3, 0.4) is 0 Å². The molecule has 1 aliphatic rings. The Morgan fingerprint density at radius 3 is 2.23 bits per heavy atom. The summed E-state index contributed by atoms with van der Waals surface area (Å²) >= 11 is 1.61. The van der Waals surface area contributed by atoms with E-state index in [9.17, 15) is 13.2 Å². The second kappa shape index (κ2) is 13.2. The fourth-order valence-electron chi connectivity index (χ4n) is 4.61. The molecule has 7 nitrogen and oxygen atoms in total. The van der Waals surface area contributed by atoms with Crippen LogP contribution in [0.15, 0.2) is 77.7 Å². The van der Waals surface area contributed by atoms with Crippen molar-refractivity contribution in [3.63, 3.8) is 0 Å². The lowest BCUT2D eigenvalue weighted by atomic mass is 9.87. The van der Waals surface area contributed by atoms with Gasteiger partial charge in [-0.05, 0) is 46.7 Å². The van der Waals surface area contributed by atoms with Gasteiger partial charge in [0, 0.05) is 43.4 Å². The average Bonchev–Trinajstić information content (AvgIpc) is 2.94. The van der Waals surface area contributed by atoms with Crippen molar-refractivity contribution in [2.24, 2.45) is 0 Å². The maximum absolute atomic E-state index is 13.3. The number of rotatable bonds is 10. The molecule has 0 saturated carbocycles. The summed E-state index contributed by atoms with van der Waals surface area (Å²) in [7, 11) is -2.55. The van der Waals surface area contributed by atoms with Crippen molar-refractivity contribution in [2.45, 2.75) is 44.0 Å². The van der Waals surface area contributed by atoms with Gasteiger partial charge in [-0.2, -0.15) is 12.7 Å². The molecule has 0 atom stereocenters. The molecule has 0 bridgehead atoms. The number of anilines is 1. The van der Waals surface area contributed by atoms with Crippen LogP contribution in [-0.4, -0.2) is 62.6 Å². The number of ether oxygens (including phenoxy) is 1. The lowest BCUT2D eigenvalue weighted by molar-refractivity contribution is 0.0601. The first-order valence-corrected chi connectivity index (χ1v) is 16.0. The second-order valence-corrected chi connectivity index (χ2v) is 13.9. The largest absolute Gasteiger partial charge is 0.465 e. The Morgan fingerprint density at radius 1 is 0.925 bits per heavy atom. The monoisotopic (exact) mass is 581 g/mol. The first-order chi connectivity index (χ1) is 19.0. The van der Waals surface area contributed by atoms with Gasteiger partial charge in [0.2, 0.25) is 0 Å². The van der Waals surface area contributed by atoms with Crippen LogP contribution < -0.4 is 4.72 Å². The van der Waals surface area contributed by atoms with Crippen molar-refractivity contribution < 1.29 is 17.9 Å². The van der Waals surface area contributed by atoms with Crippen LogP contribution in [0.1, 0.15) is 47.8 Å². The number of nitrogens with zero attached hydrogens (tertiary/aromatic N) is 2. The number of nitrogens with one attached hydrogen (secondary N) is 1. The molecule has 0 aliphatic carbocycles. The van der Waals surface area contributed by atoms with E-state index in [4.69, 9.17) is 4.74 Å². The summed E-state index contributed by atoms with van der Waals surface area (Å²) in [4.78, 5) is 15.7. The third-order valence-electron chi connectivity index (χ3n) is 7.03. The molecular weight excluding hydrogens is 542 g/mol. The molecular formula is C31H39N3O4S2. The number of esters is 1. The number of thioether (sulfide) groups is 1. The molecule has 0 amide bonds. The number of piperazine rings is 1. The van der Waals surface area contributed by atoms with Crippen LogP contribution in [0, 0.1) is 0 Å². The van der Waals surface area contributed by atoms with Crippen LogP contribution in [0.25, 0.3) is 0 Å². The van der Waals surface area contributed by atoms with Crippen molar-refractivity contribution in [1.29, 1.82) is 0 Å². The van der Waals surface area contributed by atoms with Crippen molar-refractivity contribution in [3.8, 4) is 0 Å². The van der Waals surface area contributed by atoms with Crippen molar-refractivity contribution >= 4 is 33.6 Å². The molecule has 0 radical (unpaired) electrons. The highest BCUT2D eigenvalue weighted by molar-refractivity contribution is 7.99. The molecule has 214 valence electrons. The molecule has 1 saturated heterocycles. The van der Waals surface area contributed by atoms with Gasteiger partial charge >= 0.3 is 16.2 Å². The quantitative estimate of drug-likeness (QED) is 0.249. The van der Waals surface area contributed by atoms with Crippen LogP contribution in [-0.2, 0) is 33.3 Å². The summed E-state index contributed by atoms with van der Waals surface area (Å²) in [5.74, 6) is 0.256. The van der Waals surface area contributed by atoms with E-state index in [2.05, 4.69) is 66.8 Å². The molecule has 40 heavy (non-hydrogen) atoms. The van der Waals surface area contributed by atoms with Gasteiger partial charge in [-0.25, -0.2) is 4.79 Å². The minimum Gasteiger partial charge on any atom is -0.465 e. The molecule has 0 spiro atoms. The Bertz CT molecular complexity index is 1380. The van der Waals surface area contributed by atoms with Gasteiger partial charge in [-0.1, -0.05) is 75.4 Å². The lowest BCUT2D eigenvalue weighted by Gasteiger charge is -2.34. The van der Waals surface area contributed by atoms with E-state index in [0.717, 1.165) is 23.6 Å². The van der Waals surface area contributed by atoms with E-state index >= 15 is 0 Å². The third kappa shape index (κ3) is 8.10. The summed E-state index contributed by atoms with van der Waals surface area (Å²) in [6.45, 7) is 9.37. The molecule has 1 N–H and O–H groups in total. The summed E-state index contributed by atoms with van der Waals surface area (Å²) in [6, 6.07) is 24.0.